The van der Waals surface area contributed by atoms with E-state index in [2.05, 4.69) is 0 Å². The monoisotopic (exact) mass is 454 g/mol. The third kappa shape index (κ3) is 3.57. The summed E-state index contributed by atoms with van der Waals surface area (Å²) in [5, 5.41) is 10.0. The number of hydrogen-bond acceptors (Lipinski definition) is 5. The summed E-state index contributed by atoms with van der Waals surface area (Å²) >= 11 is 12.2. The van der Waals surface area contributed by atoms with Crippen molar-refractivity contribution in [3.63, 3.8) is 0 Å². The second-order valence-electron chi connectivity index (χ2n) is 6.55. The molecule has 1 aliphatic heterocycles. The lowest BCUT2D eigenvalue weighted by Crippen LogP contribution is -2.48. The van der Waals surface area contributed by atoms with Gasteiger partial charge in [-0.15, -0.1) is 0 Å². The molecule has 152 valence electrons. The number of fused-ring (bicyclic) bond motifs is 1. The number of anilines is 1. The molecular weight excluding hydrogens is 439 g/mol. The second-order valence-corrected chi connectivity index (χ2v) is 9.24. The van der Waals surface area contributed by atoms with Crippen LogP contribution in [-0.2, 0) is 10.0 Å². The molecule has 0 saturated carbocycles. The highest BCUT2D eigenvalue weighted by Gasteiger charge is 2.32. The average Bonchev–Trinajstić information content (AvgIpc) is 3.12. The maximum Gasteiger partial charge on any atom is 0.371 e. The smallest absolute Gasteiger partial charge is 0.371 e. The highest BCUT2D eigenvalue weighted by Crippen LogP contribution is 2.34. The normalized spacial score (nSPS) is 15.7. The number of carboxylic acid groups (broad SMARTS) is 1. The first-order chi connectivity index (χ1) is 13.8. The molecule has 2 aromatic carbocycles. The molecule has 2 heterocycles. The van der Waals surface area contributed by atoms with Crippen molar-refractivity contribution in [2.45, 2.75) is 4.90 Å². The van der Waals surface area contributed by atoms with Crippen LogP contribution in [0.25, 0.3) is 11.0 Å². The van der Waals surface area contributed by atoms with Crippen molar-refractivity contribution in [1.82, 2.24) is 4.31 Å². The van der Waals surface area contributed by atoms with E-state index in [1.54, 1.807) is 18.2 Å². The summed E-state index contributed by atoms with van der Waals surface area (Å²) in [6.45, 7) is 1.33. The standard InChI is InChI=1S/C19H16Cl2N2O5S/c20-13-3-1-4-14(21)18(13)29(26,27)23-9-7-22(8-10-23)15-5-2-6-16-12(15)11-17(28-16)19(24)25/h1-6,11H,7-10H2,(H,24,25). The van der Waals surface area contributed by atoms with Gasteiger partial charge in [0, 0.05) is 43.3 Å². The van der Waals surface area contributed by atoms with E-state index in [9.17, 15) is 13.2 Å². The Labute approximate surface area is 177 Å². The lowest BCUT2D eigenvalue weighted by Gasteiger charge is -2.35. The van der Waals surface area contributed by atoms with E-state index >= 15 is 0 Å². The largest absolute Gasteiger partial charge is 0.475 e. The molecule has 1 aromatic heterocycles. The van der Waals surface area contributed by atoms with Crippen molar-refractivity contribution in [1.29, 1.82) is 0 Å². The predicted octanol–water partition coefficient (Wildman–Crippen LogP) is 3.95. The zero-order chi connectivity index (χ0) is 20.8. The summed E-state index contributed by atoms with van der Waals surface area (Å²) in [6, 6.07) is 11.4. The van der Waals surface area contributed by atoms with E-state index in [1.807, 2.05) is 11.0 Å². The van der Waals surface area contributed by atoms with Crippen LogP contribution in [0.1, 0.15) is 10.6 Å². The molecule has 0 aliphatic carbocycles. The summed E-state index contributed by atoms with van der Waals surface area (Å²) in [5.41, 5.74) is 1.27. The van der Waals surface area contributed by atoms with Crippen LogP contribution in [-0.4, -0.2) is 50.0 Å². The molecule has 4 rings (SSSR count). The molecule has 10 heteroatoms. The van der Waals surface area contributed by atoms with Crippen molar-refractivity contribution in [2.75, 3.05) is 31.1 Å². The van der Waals surface area contributed by atoms with E-state index in [4.69, 9.17) is 32.7 Å². The number of benzene rings is 2. The fraction of sp³-hybridized carbons (Fsp3) is 0.211. The topological polar surface area (TPSA) is 91.1 Å². The van der Waals surface area contributed by atoms with Gasteiger partial charge in [0.15, 0.2) is 0 Å². The van der Waals surface area contributed by atoms with Crippen LogP contribution in [0.3, 0.4) is 0 Å². The van der Waals surface area contributed by atoms with Gasteiger partial charge < -0.3 is 14.4 Å². The van der Waals surface area contributed by atoms with Gasteiger partial charge in [-0.1, -0.05) is 35.3 Å². The van der Waals surface area contributed by atoms with Crippen LogP contribution in [0, 0.1) is 0 Å². The molecule has 1 fully saturated rings. The van der Waals surface area contributed by atoms with Gasteiger partial charge in [0.1, 0.15) is 10.5 Å². The lowest BCUT2D eigenvalue weighted by molar-refractivity contribution is 0.0665. The second kappa shape index (κ2) is 7.53. The number of sulfonamides is 1. The lowest BCUT2D eigenvalue weighted by atomic mass is 10.2. The third-order valence-electron chi connectivity index (χ3n) is 4.85. The minimum Gasteiger partial charge on any atom is -0.475 e. The Hall–Kier alpha value is -2.26. The van der Waals surface area contributed by atoms with Crippen molar-refractivity contribution in [2.24, 2.45) is 0 Å². The molecule has 0 amide bonds. The van der Waals surface area contributed by atoms with E-state index in [-0.39, 0.29) is 33.8 Å². The van der Waals surface area contributed by atoms with Gasteiger partial charge >= 0.3 is 5.97 Å². The summed E-state index contributed by atoms with van der Waals surface area (Å²) < 4.78 is 32.8. The molecule has 1 aliphatic rings. The number of rotatable bonds is 4. The molecule has 3 aromatic rings. The quantitative estimate of drug-likeness (QED) is 0.641. The molecule has 1 saturated heterocycles. The Balaban J connectivity index is 1.59. The van der Waals surface area contributed by atoms with Gasteiger partial charge in [-0.3, -0.25) is 0 Å². The van der Waals surface area contributed by atoms with Gasteiger partial charge in [-0.25, -0.2) is 13.2 Å². The number of hydrogen-bond donors (Lipinski definition) is 1. The Bertz CT molecular complexity index is 1180. The third-order valence-corrected chi connectivity index (χ3v) is 7.70. The van der Waals surface area contributed by atoms with Crippen molar-refractivity contribution in [3.8, 4) is 0 Å². The number of piperazine rings is 1. The Morgan fingerprint density at radius 1 is 1.00 bits per heavy atom. The zero-order valence-electron chi connectivity index (χ0n) is 15.0. The van der Waals surface area contributed by atoms with E-state index in [0.29, 0.717) is 24.1 Å². The molecule has 29 heavy (non-hydrogen) atoms. The van der Waals surface area contributed by atoms with Gasteiger partial charge in [0.2, 0.25) is 15.8 Å². The Morgan fingerprint density at radius 3 is 2.24 bits per heavy atom. The maximum absolute atomic E-state index is 13.0. The first-order valence-corrected chi connectivity index (χ1v) is 10.9. The summed E-state index contributed by atoms with van der Waals surface area (Å²) in [6.07, 6.45) is 0. The van der Waals surface area contributed by atoms with E-state index in [1.165, 1.54) is 22.5 Å². The number of nitrogens with zero attached hydrogens (tertiary/aromatic N) is 2. The van der Waals surface area contributed by atoms with Crippen LogP contribution in [0.5, 0.6) is 0 Å². The first-order valence-electron chi connectivity index (χ1n) is 8.74. The molecule has 1 N–H and O–H groups in total. The van der Waals surface area contributed by atoms with Crippen LogP contribution in [0.2, 0.25) is 10.0 Å². The van der Waals surface area contributed by atoms with Crippen molar-refractivity contribution in [3.05, 3.63) is 58.3 Å². The minimum absolute atomic E-state index is 0.0835. The summed E-state index contributed by atoms with van der Waals surface area (Å²) in [4.78, 5) is 13.1. The molecule has 0 spiro atoms. The molecule has 0 unspecified atom stereocenters. The fourth-order valence-electron chi connectivity index (χ4n) is 3.45. The van der Waals surface area contributed by atoms with Gasteiger partial charge in [-0.05, 0) is 24.3 Å². The predicted molar refractivity (Wildman–Crippen MR) is 111 cm³/mol. The fourth-order valence-corrected chi connectivity index (χ4v) is 5.97. The minimum atomic E-state index is -3.83. The summed E-state index contributed by atoms with van der Waals surface area (Å²) in [7, 11) is -3.83. The Kier molecular flexibility index (Phi) is 5.20. The van der Waals surface area contributed by atoms with Gasteiger partial charge in [0.05, 0.1) is 10.0 Å². The summed E-state index contributed by atoms with van der Waals surface area (Å²) in [5.74, 6) is -1.28. The van der Waals surface area contributed by atoms with Crippen LogP contribution >= 0.6 is 23.2 Å². The van der Waals surface area contributed by atoms with Gasteiger partial charge in [-0.2, -0.15) is 4.31 Å². The molecule has 0 atom stereocenters. The van der Waals surface area contributed by atoms with Crippen LogP contribution in [0.15, 0.2) is 51.8 Å². The van der Waals surface area contributed by atoms with Crippen molar-refractivity contribution >= 4 is 55.9 Å². The van der Waals surface area contributed by atoms with E-state index < -0.39 is 16.0 Å². The molecule has 7 nitrogen and oxygen atoms in total. The maximum atomic E-state index is 13.0. The van der Waals surface area contributed by atoms with Crippen LogP contribution < -0.4 is 4.90 Å². The van der Waals surface area contributed by atoms with E-state index in [0.717, 1.165) is 5.69 Å². The number of aromatic carboxylic acids is 1. The SMILES string of the molecule is O=C(O)c1cc2c(N3CCN(S(=O)(=O)c4c(Cl)cccc4Cl)CC3)cccc2o1. The molecule has 0 radical (unpaired) electrons. The number of carbonyl (C=O) groups is 1. The number of halogens is 2. The average molecular weight is 455 g/mol. The number of carboxylic acids is 1. The number of furan rings is 1. The zero-order valence-corrected chi connectivity index (χ0v) is 17.3. The van der Waals surface area contributed by atoms with Crippen LogP contribution in [0.4, 0.5) is 5.69 Å². The first kappa shape index (κ1) is 20.0. The Morgan fingerprint density at radius 2 is 1.62 bits per heavy atom. The molecular formula is C19H16Cl2N2O5S. The van der Waals surface area contributed by atoms with Gasteiger partial charge in [0.25, 0.3) is 0 Å². The van der Waals surface area contributed by atoms with Crippen molar-refractivity contribution < 1.29 is 22.7 Å². The highest BCUT2D eigenvalue weighted by atomic mass is 35.5. The highest BCUT2D eigenvalue weighted by molar-refractivity contribution is 7.89. The molecule has 0 bridgehead atoms.